The molecule has 0 aromatic heterocycles. The van der Waals surface area contributed by atoms with Gasteiger partial charge in [-0.1, -0.05) is 29.8 Å². The summed E-state index contributed by atoms with van der Waals surface area (Å²) in [4.78, 5) is 0. The normalized spacial score (nSPS) is 10.2. The third kappa shape index (κ3) is 3.26. The van der Waals surface area contributed by atoms with Crippen LogP contribution in [0, 0.1) is 3.57 Å². The first-order valence-electron chi connectivity index (χ1n) is 5.08. The van der Waals surface area contributed by atoms with Crippen molar-refractivity contribution in [3.63, 3.8) is 0 Å². The SMILES string of the molecule is Nc1cc(I)ccc1OCc1ccccc1Cl. The fraction of sp³-hybridized carbons (Fsp3) is 0.0769. The summed E-state index contributed by atoms with van der Waals surface area (Å²) in [7, 11) is 0. The fourth-order valence-electron chi connectivity index (χ4n) is 1.42. The summed E-state index contributed by atoms with van der Waals surface area (Å²) >= 11 is 8.25. The number of ether oxygens (including phenoxy) is 1. The van der Waals surface area contributed by atoms with Gasteiger partial charge in [0.1, 0.15) is 12.4 Å². The van der Waals surface area contributed by atoms with Crippen molar-refractivity contribution in [1.82, 2.24) is 0 Å². The number of halogens is 2. The molecule has 2 rings (SSSR count). The van der Waals surface area contributed by atoms with Crippen LogP contribution >= 0.6 is 34.2 Å². The van der Waals surface area contributed by atoms with E-state index in [1.54, 1.807) is 0 Å². The molecule has 17 heavy (non-hydrogen) atoms. The quantitative estimate of drug-likeness (QED) is 0.661. The van der Waals surface area contributed by atoms with E-state index in [1.807, 2.05) is 42.5 Å². The average molecular weight is 360 g/mol. The van der Waals surface area contributed by atoms with Crippen molar-refractivity contribution < 1.29 is 4.74 Å². The van der Waals surface area contributed by atoms with Crippen LogP contribution in [-0.2, 0) is 6.61 Å². The summed E-state index contributed by atoms with van der Waals surface area (Å²) in [5.74, 6) is 0.685. The standard InChI is InChI=1S/C13H11ClINO/c14-11-4-2-1-3-9(11)8-17-13-6-5-10(15)7-12(13)16/h1-7H,8,16H2. The summed E-state index contributed by atoms with van der Waals surface area (Å²) in [5.41, 5.74) is 7.45. The van der Waals surface area contributed by atoms with Gasteiger partial charge in [0.25, 0.3) is 0 Å². The highest BCUT2D eigenvalue weighted by Crippen LogP contribution is 2.25. The van der Waals surface area contributed by atoms with Crippen molar-refractivity contribution >= 4 is 39.9 Å². The number of nitrogen functional groups attached to an aromatic ring is 1. The molecule has 2 aromatic rings. The molecule has 0 radical (unpaired) electrons. The number of hydrogen-bond acceptors (Lipinski definition) is 2. The fourth-order valence-corrected chi connectivity index (χ4v) is 2.13. The summed E-state index contributed by atoms with van der Waals surface area (Å²) in [6.45, 7) is 0.421. The van der Waals surface area contributed by atoms with Gasteiger partial charge >= 0.3 is 0 Å². The van der Waals surface area contributed by atoms with Crippen molar-refractivity contribution in [3.8, 4) is 5.75 Å². The molecule has 0 atom stereocenters. The third-order valence-electron chi connectivity index (χ3n) is 2.31. The molecule has 2 nitrogen and oxygen atoms in total. The predicted octanol–water partition coefficient (Wildman–Crippen LogP) is 4.11. The Balaban J connectivity index is 2.10. The average Bonchev–Trinajstić information content (AvgIpc) is 2.30. The second-order valence-electron chi connectivity index (χ2n) is 3.56. The van der Waals surface area contributed by atoms with Crippen molar-refractivity contribution in [3.05, 3.63) is 56.6 Å². The molecule has 2 aromatic carbocycles. The Labute approximate surface area is 119 Å². The van der Waals surface area contributed by atoms with E-state index in [0.29, 0.717) is 23.1 Å². The van der Waals surface area contributed by atoms with Gasteiger partial charge in [0.15, 0.2) is 0 Å². The van der Waals surface area contributed by atoms with Crippen LogP contribution < -0.4 is 10.5 Å². The van der Waals surface area contributed by atoms with Gasteiger partial charge in [-0.05, 0) is 46.9 Å². The predicted molar refractivity (Wildman–Crippen MR) is 79.4 cm³/mol. The lowest BCUT2D eigenvalue weighted by Gasteiger charge is -2.10. The van der Waals surface area contributed by atoms with E-state index in [1.165, 1.54) is 0 Å². The highest BCUT2D eigenvalue weighted by Gasteiger charge is 2.03. The minimum atomic E-state index is 0.421. The summed E-state index contributed by atoms with van der Waals surface area (Å²) in [6.07, 6.45) is 0. The van der Waals surface area contributed by atoms with Crippen LogP contribution in [0.1, 0.15) is 5.56 Å². The van der Waals surface area contributed by atoms with Crippen LogP contribution in [0.15, 0.2) is 42.5 Å². The van der Waals surface area contributed by atoms with Gasteiger partial charge in [-0.3, -0.25) is 0 Å². The van der Waals surface area contributed by atoms with E-state index in [-0.39, 0.29) is 0 Å². The molecule has 0 saturated heterocycles. The van der Waals surface area contributed by atoms with Crippen molar-refractivity contribution in [2.75, 3.05) is 5.73 Å². The van der Waals surface area contributed by atoms with Gasteiger partial charge in [0, 0.05) is 14.2 Å². The zero-order chi connectivity index (χ0) is 12.3. The number of anilines is 1. The van der Waals surface area contributed by atoms with Crippen LogP contribution in [0.3, 0.4) is 0 Å². The number of benzene rings is 2. The second kappa shape index (κ2) is 5.60. The first-order chi connectivity index (χ1) is 8.16. The van der Waals surface area contributed by atoms with E-state index >= 15 is 0 Å². The molecule has 2 N–H and O–H groups in total. The molecule has 0 spiro atoms. The topological polar surface area (TPSA) is 35.2 Å². The van der Waals surface area contributed by atoms with Gasteiger partial charge in [0.2, 0.25) is 0 Å². The lowest BCUT2D eigenvalue weighted by molar-refractivity contribution is 0.308. The number of hydrogen-bond donors (Lipinski definition) is 1. The van der Waals surface area contributed by atoms with Crippen LogP contribution in [-0.4, -0.2) is 0 Å². The van der Waals surface area contributed by atoms with E-state index in [9.17, 15) is 0 Å². The minimum Gasteiger partial charge on any atom is -0.487 e. The van der Waals surface area contributed by atoms with Gasteiger partial charge in [0.05, 0.1) is 5.69 Å². The highest BCUT2D eigenvalue weighted by atomic mass is 127. The lowest BCUT2D eigenvalue weighted by atomic mass is 10.2. The Bertz CT molecular complexity index is 531. The van der Waals surface area contributed by atoms with E-state index < -0.39 is 0 Å². The van der Waals surface area contributed by atoms with Crippen molar-refractivity contribution in [1.29, 1.82) is 0 Å². The van der Waals surface area contributed by atoms with Gasteiger partial charge < -0.3 is 10.5 Å². The van der Waals surface area contributed by atoms with E-state index in [4.69, 9.17) is 22.1 Å². The molecule has 0 aliphatic rings. The maximum atomic E-state index is 6.04. The first kappa shape index (κ1) is 12.5. The Hall–Kier alpha value is -0.940. The molecular weight excluding hydrogens is 349 g/mol. The summed E-state index contributed by atoms with van der Waals surface area (Å²) in [6, 6.07) is 13.3. The van der Waals surface area contributed by atoms with E-state index in [2.05, 4.69) is 22.6 Å². The lowest BCUT2D eigenvalue weighted by Crippen LogP contribution is -1.99. The zero-order valence-corrected chi connectivity index (χ0v) is 11.9. The molecule has 0 aliphatic heterocycles. The number of rotatable bonds is 3. The zero-order valence-electron chi connectivity index (χ0n) is 8.99. The first-order valence-corrected chi connectivity index (χ1v) is 6.54. The monoisotopic (exact) mass is 359 g/mol. The Morgan fingerprint density at radius 2 is 1.94 bits per heavy atom. The van der Waals surface area contributed by atoms with Gasteiger partial charge in [-0.2, -0.15) is 0 Å². The van der Waals surface area contributed by atoms with Crippen LogP contribution in [0.5, 0.6) is 5.75 Å². The molecule has 88 valence electrons. The van der Waals surface area contributed by atoms with Crippen LogP contribution in [0.25, 0.3) is 0 Å². The maximum absolute atomic E-state index is 6.04. The largest absolute Gasteiger partial charge is 0.487 e. The molecule has 0 saturated carbocycles. The molecular formula is C13H11ClINO. The Kier molecular flexibility index (Phi) is 4.12. The molecule has 0 bridgehead atoms. The maximum Gasteiger partial charge on any atom is 0.142 e. The van der Waals surface area contributed by atoms with Crippen molar-refractivity contribution in [2.24, 2.45) is 0 Å². The molecule has 0 unspecified atom stereocenters. The van der Waals surface area contributed by atoms with Crippen LogP contribution in [0.4, 0.5) is 5.69 Å². The molecule has 0 aliphatic carbocycles. The Morgan fingerprint density at radius 1 is 1.18 bits per heavy atom. The number of nitrogens with two attached hydrogens (primary N) is 1. The smallest absolute Gasteiger partial charge is 0.142 e. The molecule has 0 heterocycles. The summed E-state index contributed by atoms with van der Waals surface area (Å²) in [5, 5.41) is 0.705. The third-order valence-corrected chi connectivity index (χ3v) is 3.35. The second-order valence-corrected chi connectivity index (χ2v) is 5.22. The molecule has 4 heteroatoms. The van der Waals surface area contributed by atoms with Crippen molar-refractivity contribution in [2.45, 2.75) is 6.61 Å². The Morgan fingerprint density at radius 3 is 2.65 bits per heavy atom. The highest BCUT2D eigenvalue weighted by molar-refractivity contribution is 14.1. The van der Waals surface area contributed by atoms with E-state index in [0.717, 1.165) is 9.13 Å². The molecule has 0 fully saturated rings. The molecule has 0 amide bonds. The minimum absolute atomic E-state index is 0.421. The summed E-state index contributed by atoms with van der Waals surface area (Å²) < 4.78 is 6.73. The van der Waals surface area contributed by atoms with Gasteiger partial charge in [-0.15, -0.1) is 0 Å². The van der Waals surface area contributed by atoms with Crippen LogP contribution in [0.2, 0.25) is 5.02 Å². The van der Waals surface area contributed by atoms with Gasteiger partial charge in [-0.25, -0.2) is 0 Å².